The van der Waals surface area contributed by atoms with E-state index in [1.165, 1.54) is 12.8 Å². The molecular weight excluding hydrogens is 300 g/mol. The molecule has 1 unspecified atom stereocenters. The lowest BCUT2D eigenvalue weighted by molar-refractivity contribution is -0.120. The van der Waals surface area contributed by atoms with Crippen LogP contribution in [0.4, 0.5) is 5.69 Å². The van der Waals surface area contributed by atoms with Crippen LogP contribution in [0.15, 0.2) is 18.2 Å². The average molecular weight is 323 g/mol. The van der Waals surface area contributed by atoms with Gasteiger partial charge in [0.25, 0.3) is 0 Å². The number of piperidine rings is 1. The third-order valence-corrected chi connectivity index (χ3v) is 4.76. The summed E-state index contributed by atoms with van der Waals surface area (Å²) in [7, 11) is 0. The highest BCUT2D eigenvalue weighted by molar-refractivity contribution is 6.32. The van der Waals surface area contributed by atoms with Gasteiger partial charge >= 0.3 is 0 Å². The quantitative estimate of drug-likeness (QED) is 0.890. The zero-order valence-corrected chi connectivity index (χ0v) is 13.5. The Hall–Kier alpha value is -1.26. The second kappa shape index (κ2) is 7.34. The molecule has 0 aromatic heterocycles. The summed E-state index contributed by atoms with van der Waals surface area (Å²) in [5.74, 6) is 0.820. The number of hydrogen-bond acceptors (Lipinski definition) is 3. The van der Waals surface area contributed by atoms with E-state index in [-0.39, 0.29) is 17.9 Å². The average Bonchev–Trinajstić information content (AvgIpc) is 3.04. The molecule has 0 radical (unpaired) electrons. The third kappa shape index (κ3) is 3.93. The monoisotopic (exact) mass is 322 g/mol. The molecule has 1 atom stereocenters. The van der Waals surface area contributed by atoms with E-state index in [1.807, 2.05) is 12.1 Å². The van der Waals surface area contributed by atoms with Gasteiger partial charge in [-0.15, -0.1) is 0 Å². The molecular formula is C17H23ClN2O2. The van der Waals surface area contributed by atoms with Gasteiger partial charge in [-0.3, -0.25) is 4.79 Å². The molecule has 1 amide bonds. The Morgan fingerprint density at radius 2 is 2.05 bits per heavy atom. The summed E-state index contributed by atoms with van der Waals surface area (Å²) in [5.41, 5.74) is 0.736. The van der Waals surface area contributed by atoms with Gasteiger partial charge in [-0.1, -0.05) is 11.6 Å². The number of hydrogen-bond donors (Lipinski definition) is 2. The number of ether oxygens (including phenoxy) is 1. The van der Waals surface area contributed by atoms with Crippen molar-refractivity contribution in [3.63, 3.8) is 0 Å². The first-order valence-corrected chi connectivity index (χ1v) is 8.58. The summed E-state index contributed by atoms with van der Waals surface area (Å²) < 4.78 is 5.93. The molecule has 1 saturated heterocycles. The Morgan fingerprint density at radius 1 is 1.23 bits per heavy atom. The highest BCUT2D eigenvalue weighted by atomic mass is 35.5. The maximum absolute atomic E-state index is 12.2. The van der Waals surface area contributed by atoms with Crippen LogP contribution in [0.25, 0.3) is 0 Å². The van der Waals surface area contributed by atoms with Crippen LogP contribution in [0.1, 0.15) is 38.5 Å². The van der Waals surface area contributed by atoms with Gasteiger partial charge in [0, 0.05) is 12.2 Å². The molecule has 1 heterocycles. The second-order valence-electron chi connectivity index (χ2n) is 6.20. The van der Waals surface area contributed by atoms with E-state index in [9.17, 15) is 4.79 Å². The first-order valence-electron chi connectivity index (χ1n) is 8.20. The van der Waals surface area contributed by atoms with Crippen molar-refractivity contribution in [1.82, 2.24) is 5.32 Å². The largest absolute Gasteiger partial charge is 0.489 e. The third-order valence-electron chi connectivity index (χ3n) is 4.46. The first kappa shape index (κ1) is 15.6. The number of anilines is 1. The normalized spacial score (nSPS) is 22.5. The Morgan fingerprint density at radius 3 is 2.73 bits per heavy atom. The summed E-state index contributed by atoms with van der Waals surface area (Å²) >= 11 is 6.29. The Balaban J connectivity index is 1.59. The number of nitrogens with one attached hydrogen (secondary N) is 2. The first-order chi connectivity index (χ1) is 10.7. The van der Waals surface area contributed by atoms with Crippen LogP contribution in [0.5, 0.6) is 5.75 Å². The van der Waals surface area contributed by atoms with Gasteiger partial charge in [-0.2, -0.15) is 0 Å². The van der Waals surface area contributed by atoms with Gasteiger partial charge in [0.1, 0.15) is 5.75 Å². The van der Waals surface area contributed by atoms with Crippen LogP contribution in [-0.2, 0) is 4.79 Å². The lowest BCUT2D eigenvalue weighted by Crippen LogP contribution is -2.37. The van der Waals surface area contributed by atoms with Gasteiger partial charge in [-0.05, 0) is 63.3 Å². The molecule has 2 N–H and O–H groups in total. The molecule has 1 aromatic carbocycles. The minimum absolute atomic E-state index is 0.0435. The maximum Gasteiger partial charge on any atom is 0.228 e. The second-order valence-corrected chi connectivity index (χ2v) is 6.61. The van der Waals surface area contributed by atoms with E-state index < -0.39 is 0 Å². The summed E-state index contributed by atoms with van der Waals surface area (Å²) in [4.78, 5) is 12.2. The van der Waals surface area contributed by atoms with Crippen LogP contribution >= 0.6 is 11.6 Å². The van der Waals surface area contributed by atoms with Crippen molar-refractivity contribution < 1.29 is 9.53 Å². The fraction of sp³-hybridized carbons (Fsp3) is 0.588. The molecule has 3 rings (SSSR count). The summed E-state index contributed by atoms with van der Waals surface area (Å²) in [6.07, 6.45) is 6.93. The van der Waals surface area contributed by atoms with E-state index in [1.54, 1.807) is 6.07 Å². The standard InChI is InChI=1S/C17H23ClN2O2/c18-15-10-13(20-17(21)12-4-3-9-19-11-12)7-8-16(15)22-14-5-1-2-6-14/h7-8,10,12,14,19H,1-6,9,11H2,(H,20,21). The smallest absolute Gasteiger partial charge is 0.228 e. The molecule has 1 aromatic rings. The van der Waals surface area contributed by atoms with E-state index in [0.29, 0.717) is 10.8 Å². The number of benzene rings is 1. The predicted octanol–water partition coefficient (Wildman–Crippen LogP) is 3.60. The molecule has 2 aliphatic rings. The predicted molar refractivity (Wildman–Crippen MR) is 88.6 cm³/mol. The zero-order valence-electron chi connectivity index (χ0n) is 12.7. The zero-order chi connectivity index (χ0) is 15.4. The Bertz CT molecular complexity index is 523. The van der Waals surface area contributed by atoms with Gasteiger partial charge in [0.15, 0.2) is 0 Å². The van der Waals surface area contributed by atoms with Crippen LogP contribution in [0, 0.1) is 5.92 Å². The van der Waals surface area contributed by atoms with Gasteiger partial charge in [0.2, 0.25) is 5.91 Å². The summed E-state index contributed by atoms with van der Waals surface area (Å²) in [6, 6.07) is 5.50. The molecule has 0 spiro atoms. The molecule has 4 nitrogen and oxygen atoms in total. The van der Waals surface area contributed by atoms with E-state index >= 15 is 0 Å². The molecule has 1 aliphatic heterocycles. The van der Waals surface area contributed by atoms with Crippen molar-refractivity contribution in [3.8, 4) is 5.75 Å². The highest BCUT2D eigenvalue weighted by Gasteiger charge is 2.21. The lowest BCUT2D eigenvalue weighted by atomic mass is 9.99. The molecule has 5 heteroatoms. The Labute approximate surface area is 136 Å². The minimum Gasteiger partial charge on any atom is -0.489 e. The molecule has 2 fully saturated rings. The number of halogens is 1. The van der Waals surface area contributed by atoms with Crippen LogP contribution in [0.2, 0.25) is 5.02 Å². The van der Waals surface area contributed by atoms with E-state index in [2.05, 4.69) is 10.6 Å². The van der Waals surface area contributed by atoms with Crippen molar-refractivity contribution in [2.75, 3.05) is 18.4 Å². The maximum atomic E-state index is 12.2. The Kier molecular flexibility index (Phi) is 5.21. The molecule has 22 heavy (non-hydrogen) atoms. The van der Waals surface area contributed by atoms with Crippen molar-refractivity contribution in [2.24, 2.45) is 5.92 Å². The molecule has 0 bridgehead atoms. The van der Waals surface area contributed by atoms with Crippen LogP contribution in [-0.4, -0.2) is 25.1 Å². The number of carbonyl (C=O) groups is 1. The fourth-order valence-corrected chi connectivity index (χ4v) is 3.40. The van der Waals surface area contributed by atoms with Crippen molar-refractivity contribution in [3.05, 3.63) is 23.2 Å². The highest BCUT2D eigenvalue weighted by Crippen LogP contribution is 2.32. The summed E-state index contributed by atoms with van der Waals surface area (Å²) in [6.45, 7) is 1.76. The van der Waals surface area contributed by atoms with Crippen molar-refractivity contribution in [1.29, 1.82) is 0 Å². The van der Waals surface area contributed by atoms with Gasteiger partial charge in [0.05, 0.1) is 17.0 Å². The van der Waals surface area contributed by atoms with E-state index in [4.69, 9.17) is 16.3 Å². The molecule has 1 saturated carbocycles. The van der Waals surface area contributed by atoms with Crippen molar-refractivity contribution in [2.45, 2.75) is 44.6 Å². The van der Waals surface area contributed by atoms with Gasteiger partial charge in [-0.25, -0.2) is 0 Å². The fourth-order valence-electron chi connectivity index (χ4n) is 3.18. The minimum atomic E-state index is 0.0435. The topological polar surface area (TPSA) is 50.4 Å². The molecule has 1 aliphatic carbocycles. The molecule has 120 valence electrons. The number of amides is 1. The van der Waals surface area contributed by atoms with Crippen LogP contribution in [0.3, 0.4) is 0 Å². The van der Waals surface area contributed by atoms with E-state index in [0.717, 1.165) is 44.5 Å². The van der Waals surface area contributed by atoms with Crippen LogP contribution < -0.4 is 15.4 Å². The number of carbonyl (C=O) groups excluding carboxylic acids is 1. The number of rotatable bonds is 4. The lowest BCUT2D eigenvalue weighted by Gasteiger charge is -2.22. The van der Waals surface area contributed by atoms with Crippen molar-refractivity contribution >= 4 is 23.2 Å². The summed E-state index contributed by atoms with van der Waals surface area (Å²) in [5, 5.41) is 6.77. The SMILES string of the molecule is O=C(Nc1ccc(OC2CCCC2)c(Cl)c1)C1CCCNC1. The van der Waals surface area contributed by atoms with Gasteiger partial charge < -0.3 is 15.4 Å².